The first kappa shape index (κ1) is 20.4. The van der Waals surface area contributed by atoms with Crippen LogP contribution in [0.25, 0.3) is 0 Å². The molecule has 0 heterocycles. The Bertz CT molecular complexity index is 901. The third-order valence-electron chi connectivity index (χ3n) is 4.21. The summed E-state index contributed by atoms with van der Waals surface area (Å²) < 4.78 is 10.8. The van der Waals surface area contributed by atoms with Gasteiger partial charge in [-0.3, -0.25) is 0 Å². The molecule has 0 bridgehead atoms. The molecule has 0 saturated carbocycles. The lowest BCUT2D eigenvalue weighted by Crippen LogP contribution is -2.35. The molecule has 0 fully saturated rings. The molecule has 29 heavy (non-hydrogen) atoms. The number of alkyl carbamates (subject to hydrolysis) is 1. The minimum Gasteiger partial charge on any atom is -0.457 e. The van der Waals surface area contributed by atoms with E-state index in [1.807, 2.05) is 60.7 Å². The predicted molar refractivity (Wildman–Crippen MR) is 109 cm³/mol. The Labute approximate surface area is 169 Å². The molecule has 0 aliphatic heterocycles. The van der Waals surface area contributed by atoms with Crippen LogP contribution >= 0.6 is 0 Å². The SMILES string of the molecule is O=C(NCC(O)C(O)c1cccc(Oc2ccccc2)c1)OCc1ccccc1. The molecule has 6 nitrogen and oxygen atoms in total. The van der Waals surface area contributed by atoms with Gasteiger partial charge in [0, 0.05) is 6.54 Å². The van der Waals surface area contributed by atoms with E-state index in [-0.39, 0.29) is 13.2 Å². The van der Waals surface area contributed by atoms with E-state index in [1.54, 1.807) is 24.3 Å². The van der Waals surface area contributed by atoms with Crippen molar-refractivity contribution in [3.8, 4) is 11.5 Å². The fourth-order valence-electron chi connectivity index (χ4n) is 2.68. The Morgan fingerprint density at radius 2 is 1.52 bits per heavy atom. The summed E-state index contributed by atoms with van der Waals surface area (Å²) >= 11 is 0. The Balaban J connectivity index is 1.49. The van der Waals surface area contributed by atoms with Crippen molar-refractivity contribution in [3.63, 3.8) is 0 Å². The molecule has 2 atom stereocenters. The van der Waals surface area contributed by atoms with Gasteiger partial charge in [0.15, 0.2) is 0 Å². The molecule has 0 aliphatic rings. The van der Waals surface area contributed by atoms with Gasteiger partial charge in [0.25, 0.3) is 0 Å². The number of carbonyl (C=O) groups excluding carboxylic acids is 1. The Morgan fingerprint density at radius 1 is 0.862 bits per heavy atom. The van der Waals surface area contributed by atoms with E-state index >= 15 is 0 Å². The van der Waals surface area contributed by atoms with Crippen molar-refractivity contribution in [3.05, 3.63) is 96.1 Å². The Hall–Kier alpha value is -3.35. The third-order valence-corrected chi connectivity index (χ3v) is 4.21. The second-order valence-electron chi connectivity index (χ2n) is 6.44. The lowest BCUT2D eigenvalue weighted by Gasteiger charge is -2.19. The zero-order chi connectivity index (χ0) is 20.5. The van der Waals surface area contributed by atoms with Gasteiger partial charge < -0.3 is 25.0 Å². The largest absolute Gasteiger partial charge is 0.457 e. The van der Waals surface area contributed by atoms with Crippen molar-refractivity contribution in [1.82, 2.24) is 5.32 Å². The van der Waals surface area contributed by atoms with Crippen LogP contribution in [-0.4, -0.2) is 29.0 Å². The van der Waals surface area contributed by atoms with Crippen molar-refractivity contribution in [2.24, 2.45) is 0 Å². The van der Waals surface area contributed by atoms with Gasteiger partial charge in [-0.2, -0.15) is 0 Å². The molecule has 1 amide bonds. The molecular formula is C23H23NO5. The number of amides is 1. The van der Waals surface area contributed by atoms with Crippen LogP contribution in [0.4, 0.5) is 4.79 Å². The predicted octanol–water partition coefficient (Wildman–Crippen LogP) is 3.80. The van der Waals surface area contributed by atoms with Gasteiger partial charge in [-0.25, -0.2) is 4.79 Å². The van der Waals surface area contributed by atoms with Crippen molar-refractivity contribution in [2.75, 3.05) is 6.54 Å². The summed E-state index contributed by atoms with van der Waals surface area (Å²) in [6.45, 7) is -0.0250. The third kappa shape index (κ3) is 6.34. The molecule has 3 aromatic carbocycles. The molecule has 150 valence electrons. The second kappa shape index (κ2) is 10.3. The smallest absolute Gasteiger partial charge is 0.407 e. The van der Waals surface area contributed by atoms with Gasteiger partial charge in [0.1, 0.15) is 30.3 Å². The van der Waals surface area contributed by atoms with E-state index < -0.39 is 18.3 Å². The summed E-state index contributed by atoms with van der Waals surface area (Å²) in [6, 6.07) is 25.3. The van der Waals surface area contributed by atoms with Gasteiger partial charge in [0.05, 0.1) is 0 Å². The average molecular weight is 393 g/mol. The van der Waals surface area contributed by atoms with Gasteiger partial charge in [-0.05, 0) is 35.4 Å². The number of hydrogen-bond acceptors (Lipinski definition) is 5. The fourth-order valence-corrected chi connectivity index (χ4v) is 2.68. The minimum atomic E-state index is -1.20. The normalized spacial score (nSPS) is 12.6. The number of ether oxygens (including phenoxy) is 2. The van der Waals surface area contributed by atoms with Crippen LogP contribution < -0.4 is 10.1 Å². The van der Waals surface area contributed by atoms with Crippen LogP contribution in [0.1, 0.15) is 17.2 Å². The van der Waals surface area contributed by atoms with Crippen LogP contribution in [0.2, 0.25) is 0 Å². The van der Waals surface area contributed by atoms with Crippen LogP contribution in [0.15, 0.2) is 84.9 Å². The van der Waals surface area contributed by atoms with E-state index in [2.05, 4.69) is 5.32 Å². The van der Waals surface area contributed by atoms with Gasteiger partial charge in [-0.15, -0.1) is 0 Å². The van der Waals surface area contributed by atoms with E-state index in [9.17, 15) is 15.0 Å². The number of nitrogens with one attached hydrogen (secondary N) is 1. The zero-order valence-corrected chi connectivity index (χ0v) is 15.8. The molecule has 3 aromatic rings. The monoisotopic (exact) mass is 393 g/mol. The topological polar surface area (TPSA) is 88.0 Å². The molecule has 0 aliphatic carbocycles. The molecule has 0 aromatic heterocycles. The molecule has 0 spiro atoms. The minimum absolute atomic E-state index is 0.129. The van der Waals surface area contributed by atoms with E-state index in [0.717, 1.165) is 5.56 Å². The highest BCUT2D eigenvalue weighted by Crippen LogP contribution is 2.25. The lowest BCUT2D eigenvalue weighted by atomic mass is 10.0. The number of para-hydroxylation sites is 1. The Kier molecular flexibility index (Phi) is 7.22. The molecule has 6 heteroatoms. The maximum atomic E-state index is 11.8. The van der Waals surface area contributed by atoms with Gasteiger partial charge >= 0.3 is 6.09 Å². The second-order valence-corrected chi connectivity index (χ2v) is 6.44. The highest BCUT2D eigenvalue weighted by Gasteiger charge is 2.20. The molecule has 2 unspecified atom stereocenters. The maximum Gasteiger partial charge on any atom is 0.407 e. The standard InChI is InChI=1S/C23H23NO5/c25-21(15-24-23(27)28-16-17-8-3-1-4-9-17)22(26)18-10-7-13-20(14-18)29-19-11-5-2-6-12-19/h1-14,21-22,25-26H,15-16H2,(H,24,27). The lowest BCUT2D eigenvalue weighted by molar-refractivity contribution is 0.0183. The number of carbonyl (C=O) groups is 1. The quantitative estimate of drug-likeness (QED) is 0.542. The molecule has 3 N–H and O–H groups in total. The van der Waals surface area contributed by atoms with Crippen LogP contribution in [0.3, 0.4) is 0 Å². The first-order valence-electron chi connectivity index (χ1n) is 9.25. The molecule has 0 radical (unpaired) electrons. The van der Waals surface area contributed by atoms with Gasteiger partial charge in [0.2, 0.25) is 0 Å². The fraction of sp³-hybridized carbons (Fsp3) is 0.174. The summed E-state index contributed by atoms with van der Waals surface area (Å²) in [6.07, 6.45) is -3.06. The summed E-state index contributed by atoms with van der Waals surface area (Å²) in [5.74, 6) is 1.21. The van der Waals surface area contributed by atoms with Crippen molar-refractivity contribution in [2.45, 2.75) is 18.8 Å². The Morgan fingerprint density at radius 3 is 2.24 bits per heavy atom. The van der Waals surface area contributed by atoms with Crippen LogP contribution in [-0.2, 0) is 11.3 Å². The summed E-state index contributed by atoms with van der Waals surface area (Å²) in [7, 11) is 0. The van der Waals surface area contributed by atoms with Crippen molar-refractivity contribution < 1.29 is 24.5 Å². The maximum absolute atomic E-state index is 11.8. The summed E-state index contributed by atoms with van der Waals surface area (Å²) in [4.78, 5) is 11.8. The number of aliphatic hydroxyl groups is 2. The van der Waals surface area contributed by atoms with E-state index in [4.69, 9.17) is 9.47 Å². The number of rotatable bonds is 8. The van der Waals surface area contributed by atoms with Gasteiger partial charge in [-0.1, -0.05) is 60.7 Å². The molecular weight excluding hydrogens is 370 g/mol. The first-order chi connectivity index (χ1) is 14.1. The van der Waals surface area contributed by atoms with Crippen LogP contribution in [0.5, 0.6) is 11.5 Å². The van der Waals surface area contributed by atoms with E-state index in [1.165, 1.54) is 0 Å². The summed E-state index contributed by atoms with van der Waals surface area (Å²) in [5.41, 5.74) is 1.34. The van der Waals surface area contributed by atoms with Crippen molar-refractivity contribution >= 4 is 6.09 Å². The molecule has 0 saturated heterocycles. The van der Waals surface area contributed by atoms with Crippen molar-refractivity contribution in [1.29, 1.82) is 0 Å². The number of hydrogen-bond donors (Lipinski definition) is 3. The summed E-state index contributed by atoms with van der Waals surface area (Å²) in [5, 5.41) is 23.1. The first-order valence-corrected chi connectivity index (χ1v) is 9.25. The zero-order valence-electron chi connectivity index (χ0n) is 15.8. The number of benzene rings is 3. The highest BCUT2D eigenvalue weighted by molar-refractivity contribution is 5.67. The molecule has 3 rings (SSSR count). The van der Waals surface area contributed by atoms with E-state index in [0.29, 0.717) is 17.1 Å². The highest BCUT2D eigenvalue weighted by atomic mass is 16.5. The van der Waals surface area contributed by atoms with Crippen LogP contribution in [0, 0.1) is 0 Å². The average Bonchev–Trinajstić information content (AvgIpc) is 2.77. The number of aliphatic hydroxyl groups excluding tert-OH is 2.